The number of carbonyl (C=O) groups is 1. The van der Waals surface area contributed by atoms with Crippen molar-refractivity contribution in [1.29, 1.82) is 0 Å². The molecule has 1 aliphatic rings. The van der Waals surface area contributed by atoms with Crippen LogP contribution in [0.25, 0.3) is 0 Å². The van der Waals surface area contributed by atoms with E-state index in [-0.39, 0.29) is 16.6 Å². The maximum atomic E-state index is 12.7. The van der Waals surface area contributed by atoms with Crippen LogP contribution < -0.4 is 15.6 Å². The summed E-state index contributed by atoms with van der Waals surface area (Å²) in [6.07, 6.45) is 0.722. The molecular formula is C12H14ClFN6O5S. The predicted molar refractivity (Wildman–Crippen MR) is 87.4 cm³/mol. The third kappa shape index (κ3) is 4.71. The zero-order chi connectivity index (χ0) is 19.3. The van der Waals surface area contributed by atoms with Gasteiger partial charge in [0.25, 0.3) is 10.0 Å². The SMILES string of the molecule is COC1=NN(NC(=O)NS(=O)(=O)c2ncccc2C(O)CF)NC(Cl)=C1. The van der Waals surface area contributed by atoms with Crippen molar-refractivity contribution in [3.8, 4) is 0 Å². The second-order valence-corrected chi connectivity index (χ2v) is 6.68. The number of sulfonamides is 1. The van der Waals surface area contributed by atoms with Gasteiger partial charge in [-0.1, -0.05) is 22.8 Å². The topological polar surface area (TPSA) is 145 Å². The van der Waals surface area contributed by atoms with Gasteiger partial charge in [-0.3, -0.25) is 5.43 Å². The monoisotopic (exact) mass is 408 g/mol. The second-order valence-electron chi connectivity index (χ2n) is 4.67. The van der Waals surface area contributed by atoms with Gasteiger partial charge < -0.3 is 9.84 Å². The van der Waals surface area contributed by atoms with Crippen molar-refractivity contribution in [1.82, 2.24) is 25.8 Å². The molecule has 1 aromatic heterocycles. The van der Waals surface area contributed by atoms with E-state index in [9.17, 15) is 22.7 Å². The molecule has 0 radical (unpaired) electrons. The molecule has 2 amide bonds. The lowest BCUT2D eigenvalue weighted by molar-refractivity contribution is 0.138. The van der Waals surface area contributed by atoms with Crippen molar-refractivity contribution in [3.63, 3.8) is 0 Å². The number of aliphatic hydroxyl groups excluding tert-OH is 1. The molecule has 1 aromatic rings. The summed E-state index contributed by atoms with van der Waals surface area (Å²) in [6, 6.07) is 1.27. The highest BCUT2D eigenvalue weighted by atomic mass is 35.5. The summed E-state index contributed by atoms with van der Waals surface area (Å²) in [5.41, 5.74) is 4.14. The molecule has 1 aliphatic heterocycles. The maximum absolute atomic E-state index is 12.7. The zero-order valence-corrected chi connectivity index (χ0v) is 14.8. The Hall–Kier alpha value is -2.64. The number of carbonyl (C=O) groups excluding carboxylic acids is 1. The number of aromatic nitrogens is 1. The van der Waals surface area contributed by atoms with Crippen molar-refractivity contribution >= 4 is 33.6 Å². The lowest BCUT2D eigenvalue weighted by atomic mass is 10.2. The molecule has 0 spiro atoms. The predicted octanol–water partition coefficient (Wildman–Crippen LogP) is -0.152. The van der Waals surface area contributed by atoms with Crippen molar-refractivity contribution in [3.05, 3.63) is 35.1 Å². The van der Waals surface area contributed by atoms with Crippen LogP contribution in [0.3, 0.4) is 0 Å². The number of pyridine rings is 1. The molecule has 14 heteroatoms. The van der Waals surface area contributed by atoms with Crippen LogP contribution in [0.4, 0.5) is 9.18 Å². The summed E-state index contributed by atoms with van der Waals surface area (Å²) in [6.45, 7) is -1.22. The fourth-order valence-electron chi connectivity index (χ4n) is 1.80. The van der Waals surface area contributed by atoms with E-state index in [1.54, 1.807) is 4.72 Å². The largest absolute Gasteiger partial charge is 0.480 e. The Labute approximate surface area is 152 Å². The van der Waals surface area contributed by atoms with Crippen LogP contribution in [-0.2, 0) is 14.8 Å². The van der Waals surface area contributed by atoms with E-state index >= 15 is 0 Å². The molecule has 0 bridgehead atoms. The minimum atomic E-state index is -4.51. The van der Waals surface area contributed by atoms with Gasteiger partial charge >= 0.3 is 6.03 Å². The lowest BCUT2D eigenvalue weighted by Crippen LogP contribution is -2.52. The molecule has 0 saturated carbocycles. The number of nitrogens with one attached hydrogen (secondary N) is 3. The number of rotatable bonds is 5. The van der Waals surface area contributed by atoms with Crippen LogP contribution in [0.15, 0.2) is 39.7 Å². The van der Waals surface area contributed by atoms with E-state index in [1.165, 1.54) is 25.3 Å². The molecule has 0 saturated heterocycles. The Morgan fingerprint density at radius 3 is 2.96 bits per heavy atom. The number of hydrogen-bond donors (Lipinski definition) is 4. The van der Waals surface area contributed by atoms with Gasteiger partial charge in [-0.15, -0.1) is 5.23 Å². The number of methoxy groups -OCH3 is 1. The molecular weight excluding hydrogens is 395 g/mol. The number of hydrazine groups is 2. The third-order valence-electron chi connectivity index (χ3n) is 2.87. The Morgan fingerprint density at radius 1 is 1.58 bits per heavy atom. The number of alkyl halides is 1. The Balaban J connectivity index is 2.14. The minimum absolute atomic E-state index is 0.0370. The Kier molecular flexibility index (Phi) is 6.18. The van der Waals surface area contributed by atoms with E-state index in [1.807, 2.05) is 5.43 Å². The van der Waals surface area contributed by atoms with Gasteiger partial charge in [-0.05, 0) is 6.07 Å². The van der Waals surface area contributed by atoms with Crippen LogP contribution in [0.2, 0.25) is 0 Å². The summed E-state index contributed by atoms with van der Waals surface area (Å²) >= 11 is 5.75. The van der Waals surface area contributed by atoms with Crippen LogP contribution in [0.1, 0.15) is 11.7 Å². The van der Waals surface area contributed by atoms with Crippen LogP contribution in [0, 0.1) is 0 Å². The van der Waals surface area contributed by atoms with E-state index in [0.717, 1.165) is 6.20 Å². The first kappa shape index (κ1) is 19.7. The second kappa shape index (κ2) is 8.16. The Morgan fingerprint density at radius 2 is 2.31 bits per heavy atom. The fraction of sp³-hybridized carbons (Fsp3) is 0.250. The molecule has 1 unspecified atom stereocenters. The Bertz CT molecular complexity index is 848. The maximum Gasteiger partial charge on any atom is 0.350 e. The van der Waals surface area contributed by atoms with Crippen LogP contribution in [-0.4, -0.2) is 49.4 Å². The number of hydrazone groups is 1. The molecule has 142 valence electrons. The number of urea groups is 1. The van der Waals surface area contributed by atoms with E-state index < -0.39 is 33.9 Å². The normalized spacial score (nSPS) is 15.3. The number of halogens is 2. The highest BCUT2D eigenvalue weighted by Gasteiger charge is 2.27. The van der Waals surface area contributed by atoms with Crippen molar-refractivity contribution in [2.24, 2.45) is 5.10 Å². The standard InChI is InChI=1S/C12H14ClFN6O5S/c1-25-10-5-9(13)16-20(17-10)18-12(22)19-26(23,24)11-7(8(21)6-14)3-2-4-15-11/h2-5,8,16,21H,6H2,1H3,(H2,18,19,22). The van der Waals surface area contributed by atoms with Crippen molar-refractivity contribution in [2.75, 3.05) is 13.8 Å². The number of amides is 2. The van der Waals surface area contributed by atoms with Gasteiger partial charge in [-0.2, -0.15) is 8.42 Å². The highest BCUT2D eigenvalue weighted by molar-refractivity contribution is 7.90. The summed E-state index contributed by atoms with van der Waals surface area (Å²) in [5.74, 6) is 0.0370. The van der Waals surface area contributed by atoms with Gasteiger partial charge in [0.15, 0.2) is 5.03 Å². The van der Waals surface area contributed by atoms with Crippen molar-refractivity contribution in [2.45, 2.75) is 11.1 Å². The molecule has 0 aliphatic carbocycles. The van der Waals surface area contributed by atoms with Gasteiger partial charge in [0.1, 0.15) is 17.9 Å². The molecule has 11 nitrogen and oxygen atoms in total. The quantitative estimate of drug-likeness (QED) is 0.492. The van der Waals surface area contributed by atoms with Crippen molar-refractivity contribution < 1.29 is 27.4 Å². The van der Waals surface area contributed by atoms with Crippen LogP contribution >= 0.6 is 11.6 Å². The first-order valence-electron chi connectivity index (χ1n) is 6.85. The molecule has 0 fully saturated rings. The summed E-state index contributed by atoms with van der Waals surface area (Å²) in [4.78, 5) is 15.5. The van der Waals surface area contributed by atoms with Crippen LogP contribution in [0.5, 0.6) is 0 Å². The highest BCUT2D eigenvalue weighted by Crippen LogP contribution is 2.20. The molecule has 2 heterocycles. The molecule has 2 rings (SSSR count). The summed E-state index contributed by atoms with van der Waals surface area (Å²) in [7, 11) is -3.20. The first-order chi connectivity index (χ1) is 12.3. The summed E-state index contributed by atoms with van der Waals surface area (Å²) < 4.78 is 43.8. The molecule has 4 N–H and O–H groups in total. The molecule has 1 atom stereocenters. The smallest absolute Gasteiger partial charge is 0.350 e. The average molecular weight is 409 g/mol. The number of nitrogens with zero attached hydrogens (tertiary/aromatic N) is 3. The fourth-order valence-corrected chi connectivity index (χ4v) is 3.07. The van der Waals surface area contributed by atoms with E-state index in [0.29, 0.717) is 5.23 Å². The lowest BCUT2D eigenvalue weighted by Gasteiger charge is -2.24. The molecule has 26 heavy (non-hydrogen) atoms. The minimum Gasteiger partial charge on any atom is -0.480 e. The average Bonchev–Trinajstić information content (AvgIpc) is 2.59. The number of ether oxygens (including phenoxy) is 1. The van der Waals surface area contributed by atoms with Gasteiger partial charge in [-0.25, -0.2) is 24.3 Å². The zero-order valence-electron chi connectivity index (χ0n) is 13.2. The first-order valence-corrected chi connectivity index (χ1v) is 8.72. The van der Waals surface area contributed by atoms with Gasteiger partial charge in [0.2, 0.25) is 5.90 Å². The number of aliphatic hydroxyl groups is 1. The summed E-state index contributed by atoms with van der Waals surface area (Å²) in [5, 5.41) is 13.4. The van der Waals surface area contributed by atoms with Gasteiger partial charge in [0, 0.05) is 17.8 Å². The molecule has 0 aromatic carbocycles. The third-order valence-corrected chi connectivity index (χ3v) is 4.36. The van der Waals surface area contributed by atoms with Gasteiger partial charge in [0.05, 0.1) is 7.11 Å². The van der Waals surface area contributed by atoms with E-state index in [2.05, 4.69) is 15.5 Å². The van der Waals surface area contributed by atoms with E-state index in [4.69, 9.17) is 16.3 Å². The number of hydrogen-bond acceptors (Lipinski definition) is 9.